The Bertz CT molecular complexity index is 627. The van der Waals surface area contributed by atoms with Crippen LogP contribution in [0.2, 0.25) is 0 Å². The molecule has 0 aliphatic heterocycles. The van der Waals surface area contributed by atoms with Gasteiger partial charge in [-0.3, -0.25) is 9.97 Å². The highest BCUT2D eigenvalue weighted by Crippen LogP contribution is 2.23. The van der Waals surface area contributed by atoms with E-state index in [2.05, 4.69) is 27.6 Å². The molecule has 0 aliphatic rings. The van der Waals surface area contributed by atoms with Crippen LogP contribution in [0.1, 0.15) is 0 Å². The summed E-state index contributed by atoms with van der Waals surface area (Å²) < 4.78 is 0. The van der Waals surface area contributed by atoms with Crippen molar-refractivity contribution < 1.29 is 0 Å². The molecule has 3 nitrogen and oxygen atoms in total. The molecule has 92 valence electrons. The van der Waals surface area contributed by atoms with Crippen molar-refractivity contribution in [1.29, 1.82) is 0 Å². The van der Waals surface area contributed by atoms with Gasteiger partial charge in [0.2, 0.25) is 0 Å². The second-order valence-corrected chi connectivity index (χ2v) is 4.54. The van der Waals surface area contributed by atoms with Crippen LogP contribution >= 0.6 is 12.6 Å². The average molecular weight is 265 g/mol. The summed E-state index contributed by atoms with van der Waals surface area (Å²) in [5, 5.41) is 0. The topological polar surface area (TPSA) is 38.7 Å². The summed E-state index contributed by atoms with van der Waals surface area (Å²) in [7, 11) is 0. The predicted octanol–water partition coefficient (Wildman–Crippen LogP) is 3.49. The van der Waals surface area contributed by atoms with Gasteiger partial charge in [-0.05, 0) is 36.4 Å². The molecular weight excluding hydrogens is 254 g/mol. The van der Waals surface area contributed by atoms with Crippen molar-refractivity contribution in [1.82, 2.24) is 15.0 Å². The normalized spacial score (nSPS) is 10.4. The number of pyridine rings is 3. The number of nitrogens with zero attached hydrogens (tertiary/aromatic N) is 3. The first-order valence-corrected chi connectivity index (χ1v) is 6.31. The summed E-state index contributed by atoms with van der Waals surface area (Å²) in [4.78, 5) is 14.1. The molecule has 0 bridgehead atoms. The monoisotopic (exact) mass is 265 g/mol. The Morgan fingerprint density at radius 1 is 0.684 bits per heavy atom. The largest absolute Gasteiger partial charge is 0.255 e. The summed E-state index contributed by atoms with van der Waals surface area (Å²) in [6.45, 7) is 0. The molecule has 0 aliphatic carbocycles. The summed E-state index contributed by atoms with van der Waals surface area (Å²) in [6.07, 6.45) is 3.51. The molecule has 0 amide bonds. The fraction of sp³-hybridized carbons (Fsp3) is 0. The molecule has 3 rings (SSSR count). The molecule has 0 saturated carbocycles. The number of thiol groups is 1. The molecule has 3 aromatic rings. The van der Waals surface area contributed by atoms with Gasteiger partial charge in [0.1, 0.15) is 0 Å². The Kier molecular flexibility index (Phi) is 3.25. The van der Waals surface area contributed by atoms with Gasteiger partial charge in [0.15, 0.2) is 0 Å². The van der Waals surface area contributed by atoms with Gasteiger partial charge in [-0.15, -0.1) is 12.6 Å². The first-order chi connectivity index (χ1) is 9.33. The smallest absolute Gasteiger partial charge is 0.0905 e. The lowest BCUT2D eigenvalue weighted by Crippen LogP contribution is -1.92. The molecule has 19 heavy (non-hydrogen) atoms. The fourth-order valence-corrected chi connectivity index (χ4v) is 2.05. The summed E-state index contributed by atoms with van der Waals surface area (Å²) in [5.41, 5.74) is 3.26. The third-order valence-corrected chi connectivity index (χ3v) is 2.92. The lowest BCUT2D eigenvalue weighted by Gasteiger charge is -2.05. The first kappa shape index (κ1) is 11.9. The Balaban J connectivity index is 2.12. The summed E-state index contributed by atoms with van der Waals surface area (Å²) >= 11 is 4.43. The van der Waals surface area contributed by atoms with Crippen molar-refractivity contribution in [3.8, 4) is 22.8 Å². The molecule has 0 saturated heterocycles. The Hall–Kier alpha value is -2.20. The second kappa shape index (κ2) is 5.20. The van der Waals surface area contributed by atoms with Crippen molar-refractivity contribution >= 4 is 12.6 Å². The highest BCUT2D eigenvalue weighted by molar-refractivity contribution is 7.80. The lowest BCUT2D eigenvalue weighted by molar-refractivity contribution is 1.19. The number of rotatable bonds is 2. The van der Waals surface area contributed by atoms with Crippen LogP contribution in [0.5, 0.6) is 0 Å². The average Bonchev–Trinajstić information content (AvgIpc) is 2.48. The zero-order chi connectivity index (χ0) is 13.1. The molecule has 0 fully saturated rings. The third kappa shape index (κ3) is 2.63. The molecule has 4 heteroatoms. The van der Waals surface area contributed by atoms with Gasteiger partial charge in [-0.2, -0.15) is 0 Å². The predicted molar refractivity (Wildman–Crippen MR) is 78.0 cm³/mol. The van der Waals surface area contributed by atoms with E-state index in [1.807, 2.05) is 48.5 Å². The Morgan fingerprint density at radius 3 is 1.63 bits per heavy atom. The Labute approximate surface area is 116 Å². The lowest BCUT2D eigenvalue weighted by atomic mass is 10.2. The quantitative estimate of drug-likeness (QED) is 0.721. The zero-order valence-corrected chi connectivity index (χ0v) is 11.0. The van der Waals surface area contributed by atoms with Crippen LogP contribution in [0.3, 0.4) is 0 Å². The molecule has 0 atom stereocenters. The molecule has 0 N–H and O–H groups in total. The highest BCUT2D eigenvalue weighted by Gasteiger charge is 2.06. The van der Waals surface area contributed by atoms with Crippen LogP contribution in [0.25, 0.3) is 22.8 Å². The van der Waals surface area contributed by atoms with E-state index in [9.17, 15) is 0 Å². The van der Waals surface area contributed by atoms with E-state index in [-0.39, 0.29) is 0 Å². The summed E-state index contributed by atoms with van der Waals surface area (Å²) in [5.74, 6) is 0. The van der Waals surface area contributed by atoms with Crippen molar-refractivity contribution in [3.63, 3.8) is 0 Å². The molecule has 0 aromatic carbocycles. The number of hydrogen-bond donors (Lipinski definition) is 1. The second-order valence-electron chi connectivity index (χ2n) is 4.03. The van der Waals surface area contributed by atoms with E-state index in [0.717, 1.165) is 27.7 Å². The van der Waals surface area contributed by atoms with E-state index in [1.165, 1.54) is 0 Å². The maximum Gasteiger partial charge on any atom is 0.0905 e. The maximum absolute atomic E-state index is 4.60. The van der Waals surface area contributed by atoms with Crippen LogP contribution in [0, 0.1) is 0 Å². The molecule has 0 radical (unpaired) electrons. The third-order valence-electron chi connectivity index (χ3n) is 2.66. The van der Waals surface area contributed by atoms with E-state index in [4.69, 9.17) is 0 Å². The number of hydrogen-bond acceptors (Lipinski definition) is 4. The Morgan fingerprint density at radius 2 is 1.21 bits per heavy atom. The van der Waals surface area contributed by atoms with Gasteiger partial charge in [-0.25, -0.2) is 4.98 Å². The zero-order valence-electron chi connectivity index (χ0n) is 10.1. The van der Waals surface area contributed by atoms with Crippen LogP contribution in [-0.4, -0.2) is 15.0 Å². The number of aromatic nitrogens is 3. The molecule has 3 heterocycles. The van der Waals surface area contributed by atoms with Crippen LogP contribution in [0.4, 0.5) is 0 Å². The van der Waals surface area contributed by atoms with Crippen LogP contribution in [0.15, 0.2) is 65.8 Å². The van der Waals surface area contributed by atoms with Crippen LogP contribution in [-0.2, 0) is 0 Å². The van der Waals surface area contributed by atoms with Crippen molar-refractivity contribution in [2.75, 3.05) is 0 Å². The fourth-order valence-electron chi connectivity index (χ4n) is 1.81. The highest BCUT2D eigenvalue weighted by atomic mass is 32.1. The van der Waals surface area contributed by atoms with E-state index < -0.39 is 0 Å². The van der Waals surface area contributed by atoms with Crippen molar-refractivity contribution in [3.05, 3.63) is 60.9 Å². The standard InChI is InChI=1S/C15H11N3S/c19-11-9-14(12-5-1-3-7-16-12)18-15(10-11)13-6-2-4-8-17-13/h1-10H,(H,18,19). The molecule has 3 aromatic heterocycles. The van der Waals surface area contributed by atoms with Gasteiger partial charge < -0.3 is 0 Å². The van der Waals surface area contributed by atoms with Gasteiger partial charge in [0.25, 0.3) is 0 Å². The van der Waals surface area contributed by atoms with Crippen LogP contribution < -0.4 is 0 Å². The van der Waals surface area contributed by atoms with E-state index in [0.29, 0.717) is 0 Å². The molecule has 0 unspecified atom stereocenters. The summed E-state index contributed by atoms with van der Waals surface area (Å²) in [6, 6.07) is 15.3. The van der Waals surface area contributed by atoms with Gasteiger partial charge in [-0.1, -0.05) is 12.1 Å². The first-order valence-electron chi connectivity index (χ1n) is 5.87. The van der Waals surface area contributed by atoms with Crippen molar-refractivity contribution in [2.24, 2.45) is 0 Å². The molecule has 0 spiro atoms. The van der Waals surface area contributed by atoms with Gasteiger partial charge in [0, 0.05) is 17.3 Å². The van der Waals surface area contributed by atoms with Gasteiger partial charge >= 0.3 is 0 Å². The molecular formula is C15H11N3S. The minimum atomic E-state index is 0.800. The minimum absolute atomic E-state index is 0.800. The van der Waals surface area contributed by atoms with Gasteiger partial charge in [0.05, 0.1) is 22.8 Å². The van der Waals surface area contributed by atoms with Crippen molar-refractivity contribution in [2.45, 2.75) is 4.90 Å². The maximum atomic E-state index is 4.60. The van der Waals surface area contributed by atoms with E-state index in [1.54, 1.807) is 12.4 Å². The van der Waals surface area contributed by atoms with E-state index >= 15 is 0 Å². The minimum Gasteiger partial charge on any atom is -0.255 e. The SMILES string of the molecule is Sc1cc(-c2ccccn2)nc(-c2ccccn2)c1.